The van der Waals surface area contributed by atoms with Crippen molar-refractivity contribution in [3.8, 4) is 0 Å². The molecule has 0 atom stereocenters. The molecule has 0 aliphatic heterocycles. The molecule has 1 saturated carbocycles. The first kappa shape index (κ1) is 8.96. The first-order valence-electron chi connectivity index (χ1n) is 3.07. The molecule has 8 heavy (non-hydrogen) atoms. The van der Waals surface area contributed by atoms with Crippen molar-refractivity contribution in [2.24, 2.45) is 0 Å². The van der Waals surface area contributed by atoms with Gasteiger partial charge in [-0.25, -0.2) is 0 Å². The summed E-state index contributed by atoms with van der Waals surface area (Å²) >= 11 is 0. The summed E-state index contributed by atoms with van der Waals surface area (Å²) in [7, 11) is 0. The summed E-state index contributed by atoms with van der Waals surface area (Å²) in [5, 5.41) is 8.91. The third kappa shape index (κ3) is 3.08. The number of hydrogen-bond acceptors (Lipinski definition) is 1. The molecule has 0 saturated heterocycles. The van der Waals surface area contributed by atoms with Crippen molar-refractivity contribution in [3.63, 3.8) is 0 Å². The zero-order chi connectivity index (χ0) is 5.11. The fourth-order valence-corrected chi connectivity index (χ4v) is 1.08. The zero-order valence-electron chi connectivity index (χ0n) is 4.56. The molecule has 2 heteroatoms. The van der Waals surface area contributed by atoms with Gasteiger partial charge in [0.05, 0.1) is 6.10 Å². The Morgan fingerprint density at radius 3 is 1.75 bits per heavy atom. The standard InChI is InChI=1S/C6H12O.Na.H/c7-6-4-2-1-3-5-6;;/h6-7H,1-5H2;;. The summed E-state index contributed by atoms with van der Waals surface area (Å²) in [5.74, 6) is 0. The molecule has 0 unspecified atom stereocenters. The third-order valence-electron chi connectivity index (χ3n) is 1.57. The summed E-state index contributed by atoms with van der Waals surface area (Å²) < 4.78 is 0. The van der Waals surface area contributed by atoms with E-state index in [-0.39, 0.29) is 35.7 Å². The molecule has 1 fully saturated rings. The predicted molar refractivity (Wildman–Crippen MR) is 36.2 cm³/mol. The van der Waals surface area contributed by atoms with Gasteiger partial charge in [0.15, 0.2) is 0 Å². The fourth-order valence-electron chi connectivity index (χ4n) is 1.08. The molecule has 44 valence electrons. The maximum absolute atomic E-state index is 8.91. The van der Waals surface area contributed by atoms with Crippen molar-refractivity contribution in [3.05, 3.63) is 0 Å². The van der Waals surface area contributed by atoms with Crippen LogP contribution in [0.15, 0.2) is 0 Å². The Morgan fingerprint density at radius 1 is 1.00 bits per heavy atom. The third-order valence-corrected chi connectivity index (χ3v) is 1.57. The van der Waals surface area contributed by atoms with Crippen molar-refractivity contribution in [1.29, 1.82) is 0 Å². The zero-order valence-corrected chi connectivity index (χ0v) is 4.56. The normalized spacial score (nSPS) is 22.1. The molecular weight excluding hydrogens is 111 g/mol. The van der Waals surface area contributed by atoms with E-state index >= 15 is 0 Å². The molecule has 0 heterocycles. The molecule has 1 N–H and O–H groups in total. The summed E-state index contributed by atoms with van der Waals surface area (Å²) in [4.78, 5) is 0. The van der Waals surface area contributed by atoms with Crippen LogP contribution in [0.25, 0.3) is 0 Å². The minimum atomic E-state index is 0. The van der Waals surface area contributed by atoms with Crippen LogP contribution < -0.4 is 0 Å². The van der Waals surface area contributed by atoms with E-state index in [2.05, 4.69) is 0 Å². The van der Waals surface area contributed by atoms with Crippen LogP contribution in [0.4, 0.5) is 0 Å². The van der Waals surface area contributed by atoms with Crippen molar-refractivity contribution < 1.29 is 5.11 Å². The summed E-state index contributed by atoms with van der Waals surface area (Å²) in [6, 6.07) is 0. The second-order valence-electron chi connectivity index (χ2n) is 2.29. The van der Waals surface area contributed by atoms with Crippen molar-refractivity contribution in [2.75, 3.05) is 0 Å². The van der Waals surface area contributed by atoms with Gasteiger partial charge >= 0.3 is 29.6 Å². The predicted octanol–water partition coefficient (Wildman–Crippen LogP) is 0.663. The van der Waals surface area contributed by atoms with Crippen LogP contribution in [0, 0.1) is 0 Å². The Balaban J connectivity index is 0.000000490. The van der Waals surface area contributed by atoms with E-state index in [1.807, 2.05) is 0 Å². The molecule has 1 nitrogen and oxygen atoms in total. The number of aliphatic hydroxyl groups excluding tert-OH is 1. The van der Waals surface area contributed by atoms with Crippen LogP contribution in [0.5, 0.6) is 0 Å². The Kier molecular flexibility index (Phi) is 5.38. The van der Waals surface area contributed by atoms with E-state index < -0.39 is 0 Å². The molecule has 0 spiro atoms. The van der Waals surface area contributed by atoms with Crippen LogP contribution in [0.1, 0.15) is 32.1 Å². The topological polar surface area (TPSA) is 20.2 Å². The quantitative estimate of drug-likeness (QED) is 0.470. The fraction of sp³-hybridized carbons (Fsp3) is 1.00. The Morgan fingerprint density at radius 2 is 1.50 bits per heavy atom. The Labute approximate surface area is 72.8 Å². The number of hydrogen-bond donors (Lipinski definition) is 1. The molecule has 0 aromatic heterocycles. The average Bonchev–Trinajstić information content (AvgIpc) is 1.69. The van der Waals surface area contributed by atoms with Crippen LogP contribution in [-0.2, 0) is 0 Å². The molecule has 1 aliphatic rings. The number of rotatable bonds is 0. The van der Waals surface area contributed by atoms with Gasteiger partial charge in [-0.2, -0.15) is 0 Å². The van der Waals surface area contributed by atoms with Gasteiger partial charge < -0.3 is 5.11 Å². The van der Waals surface area contributed by atoms with E-state index in [1.165, 1.54) is 19.3 Å². The molecule has 0 amide bonds. The molecule has 0 aromatic rings. The van der Waals surface area contributed by atoms with Gasteiger partial charge in [0, 0.05) is 0 Å². The molecule has 0 aromatic carbocycles. The van der Waals surface area contributed by atoms with E-state index in [0.717, 1.165) is 12.8 Å². The van der Waals surface area contributed by atoms with E-state index in [4.69, 9.17) is 5.11 Å². The Hall–Kier alpha value is 0.960. The average molecular weight is 124 g/mol. The van der Waals surface area contributed by atoms with E-state index in [1.54, 1.807) is 0 Å². The minimum absolute atomic E-state index is 0. The molecule has 0 bridgehead atoms. The van der Waals surface area contributed by atoms with Crippen molar-refractivity contribution >= 4 is 29.6 Å². The molecule has 1 aliphatic carbocycles. The van der Waals surface area contributed by atoms with Gasteiger partial charge in [-0.15, -0.1) is 0 Å². The monoisotopic (exact) mass is 124 g/mol. The van der Waals surface area contributed by atoms with Crippen LogP contribution in [0.2, 0.25) is 0 Å². The van der Waals surface area contributed by atoms with Gasteiger partial charge in [-0.05, 0) is 12.8 Å². The second kappa shape index (κ2) is 4.80. The first-order valence-corrected chi connectivity index (χ1v) is 3.07. The van der Waals surface area contributed by atoms with Crippen molar-refractivity contribution in [1.82, 2.24) is 0 Å². The second-order valence-corrected chi connectivity index (χ2v) is 2.29. The molecular formula is C6H13NaO. The molecule has 0 radical (unpaired) electrons. The SMILES string of the molecule is OC1CCCCC1.[NaH]. The van der Waals surface area contributed by atoms with Gasteiger partial charge in [0.25, 0.3) is 0 Å². The van der Waals surface area contributed by atoms with Gasteiger partial charge in [-0.1, -0.05) is 19.3 Å². The van der Waals surface area contributed by atoms with Gasteiger partial charge in [0.2, 0.25) is 0 Å². The maximum atomic E-state index is 8.91. The van der Waals surface area contributed by atoms with Crippen LogP contribution in [-0.4, -0.2) is 40.8 Å². The van der Waals surface area contributed by atoms with Crippen LogP contribution >= 0.6 is 0 Å². The first-order chi connectivity index (χ1) is 3.39. The molecule has 1 rings (SSSR count). The summed E-state index contributed by atoms with van der Waals surface area (Å²) in [6.07, 6.45) is 5.92. The van der Waals surface area contributed by atoms with Gasteiger partial charge in [-0.3, -0.25) is 0 Å². The van der Waals surface area contributed by atoms with Crippen LogP contribution in [0.3, 0.4) is 0 Å². The number of aliphatic hydroxyl groups is 1. The van der Waals surface area contributed by atoms with E-state index in [0.29, 0.717) is 0 Å². The van der Waals surface area contributed by atoms with Gasteiger partial charge in [0.1, 0.15) is 0 Å². The summed E-state index contributed by atoms with van der Waals surface area (Å²) in [5.41, 5.74) is 0. The van der Waals surface area contributed by atoms with E-state index in [9.17, 15) is 0 Å². The Bertz CT molecular complexity index is 50.5. The summed E-state index contributed by atoms with van der Waals surface area (Å²) in [6.45, 7) is 0. The van der Waals surface area contributed by atoms with Crippen molar-refractivity contribution in [2.45, 2.75) is 38.2 Å².